The van der Waals surface area contributed by atoms with Gasteiger partial charge in [0.05, 0.1) is 23.4 Å². The number of rotatable bonds is 6. The number of nitrogens with zero attached hydrogens (tertiary/aromatic N) is 3. The van der Waals surface area contributed by atoms with Crippen molar-refractivity contribution in [3.8, 4) is 0 Å². The zero-order chi connectivity index (χ0) is 16.2. The van der Waals surface area contributed by atoms with E-state index in [-0.39, 0.29) is 24.4 Å². The van der Waals surface area contributed by atoms with Crippen molar-refractivity contribution in [3.05, 3.63) is 58.7 Å². The highest BCUT2D eigenvalue weighted by molar-refractivity contribution is 5.89. The Morgan fingerprint density at radius 3 is 2.68 bits per heavy atom. The van der Waals surface area contributed by atoms with Gasteiger partial charge in [-0.3, -0.25) is 10.1 Å². The molecule has 1 aromatic heterocycles. The number of nitro groups is 1. The largest absolute Gasteiger partial charge is 0.459 e. The van der Waals surface area contributed by atoms with E-state index in [0.717, 1.165) is 0 Å². The van der Waals surface area contributed by atoms with Crippen LogP contribution < -0.4 is 0 Å². The first-order valence-corrected chi connectivity index (χ1v) is 6.47. The number of benzene rings is 1. The molecule has 1 aromatic carbocycles. The summed E-state index contributed by atoms with van der Waals surface area (Å²) in [5.41, 5.74) is -1.18. The topological polar surface area (TPSA) is 107 Å². The maximum atomic E-state index is 11.9. The lowest BCUT2D eigenvalue weighted by molar-refractivity contribution is -0.384. The standard InChI is InChI=1S/C14H15N3O5/c1-14(19,8-16-7-6-15-10-16)9-22-13(18)11-2-4-12(5-3-11)17(20)21/h2-7,10,19H,8-9H2,1H3. The Bertz CT molecular complexity index is 650. The molecule has 0 radical (unpaired) electrons. The maximum Gasteiger partial charge on any atom is 0.338 e. The van der Waals surface area contributed by atoms with Crippen molar-refractivity contribution in [2.45, 2.75) is 19.1 Å². The highest BCUT2D eigenvalue weighted by Crippen LogP contribution is 2.14. The van der Waals surface area contributed by atoms with Gasteiger partial charge in [-0.15, -0.1) is 0 Å². The average Bonchev–Trinajstić information content (AvgIpc) is 2.97. The fourth-order valence-corrected chi connectivity index (χ4v) is 1.84. The molecule has 0 spiro atoms. The minimum absolute atomic E-state index is 0.108. The summed E-state index contributed by atoms with van der Waals surface area (Å²) in [6, 6.07) is 5.07. The van der Waals surface area contributed by atoms with Crippen LogP contribution in [0.1, 0.15) is 17.3 Å². The van der Waals surface area contributed by atoms with Crippen molar-refractivity contribution in [1.29, 1.82) is 0 Å². The van der Waals surface area contributed by atoms with E-state index in [1.807, 2.05) is 0 Å². The summed E-state index contributed by atoms with van der Waals surface area (Å²) < 4.78 is 6.72. The number of hydrogen-bond acceptors (Lipinski definition) is 6. The van der Waals surface area contributed by atoms with Crippen LogP contribution in [0, 0.1) is 10.1 Å². The summed E-state index contributed by atoms with van der Waals surface area (Å²) in [6.07, 6.45) is 4.82. The molecule has 1 heterocycles. The van der Waals surface area contributed by atoms with Gasteiger partial charge in [0.1, 0.15) is 12.2 Å². The molecule has 0 aliphatic rings. The third-order valence-corrected chi connectivity index (χ3v) is 2.91. The normalized spacial score (nSPS) is 13.4. The van der Waals surface area contributed by atoms with Crippen LogP contribution in [0.4, 0.5) is 5.69 Å². The second-order valence-corrected chi connectivity index (χ2v) is 5.11. The molecule has 0 bridgehead atoms. The van der Waals surface area contributed by atoms with Crippen molar-refractivity contribution in [2.24, 2.45) is 0 Å². The number of nitro benzene ring substituents is 1. The van der Waals surface area contributed by atoms with E-state index < -0.39 is 16.5 Å². The number of carbonyl (C=O) groups is 1. The van der Waals surface area contributed by atoms with Crippen molar-refractivity contribution < 1.29 is 19.6 Å². The summed E-state index contributed by atoms with van der Waals surface area (Å²) in [4.78, 5) is 25.7. The van der Waals surface area contributed by atoms with Crippen LogP contribution >= 0.6 is 0 Å². The smallest absolute Gasteiger partial charge is 0.338 e. The van der Waals surface area contributed by atoms with E-state index in [4.69, 9.17) is 4.74 Å². The van der Waals surface area contributed by atoms with Gasteiger partial charge in [0.2, 0.25) is 0 Å². The van der Waals surface area contributed by atoms with Crippen LogP contribution in [0.5, 0.6) is 0 Å². The molecule has 0 fully saturated rings. The summed E-state index contributed by atoms with van der Waals surface area (Å²) in [5, 5.41) is 20.7. The number of carbonyl (C=O) groups excluding carboxylic acids is 1. The van der Waals surface area contributed by atoms with E-state index in [1.165, 1.54) is 31.2 Å². The van der Waals surface area contributed by atoms with Crippen LogP contribution in [-0.2, 0) is 11.3 Å². The second-order valence-electron chi connectivity index (χ2n) is 5.11. The zero-order valence-corrected chi connectivity index (χ0v) is 11.9. The SMILES string of the molecule is CC(O)(COC(=O)c1ccc([N+](=O)[O-])cc1)Cn1ccnc1. The Morgan fingerprint density at radius 2 is 2.14 bits per heavy atom. The Labute approximate surface area is 126 Å². The third kappa shape index (κ3) is 4.13. The molecule has 22 heavy (non-hydrogen) atoms. The quantitative estimate of drug-likeness (QED) is 0.491. The predicted octanol–water partition coefficient (Wildman–Crippen LogP) is 1.40. The lowest BCUT2D eigenvalue weighted by atomic mass is 10.1. The first-order chi connectivity index (χ1) is 10.4. The fraction of sp³-hybridized carbons (Fsp3) is 0.286. The number of aromatic nitrogens is 2. The van der Waals surface area contributed by atoms with Gasteiger partial charge < -0.3 is 14.4 Å². The monoisotopic (exact) mass is 305 g/mol. The van der Waals surface area contributed by atoms with E-state index in [2.05, 4.69) is 4.98 Å². The Kier molecular flexibility index (Phi) is 4.52. The van der Waals surface area contributed by atoms with Gasteiger partial charge in [-0.05, 0) is 19.1 Å². The third-order valence-electron chi connectivity index (χ3n) is 2.91. The summed E-state index contributed by atoms with van der Waals surface area (Å²) >= 11 is 0. The summed E-state index contributed by atoms with van der Waals surface area (Å²) in [6.45, 7) is 1.55. The molecule has 2 aromatic rings. The molecule has 8 heteroatoms. The second kappa shape index (κ2) is 6.35. The minimum atomic E-state index is -1.25. The highest BCUT2D eigenvalue weighted by atomic mass is 16.6. The molecule has 2 rings (SSSR count). The Balaban J connectivity index is 1.92. The zero-order valence-electron chi connectivity index (χ0n) is 11.9. The summed E-state index contributed by atoms with van der Waals surface area (Å²) in [5.74, 6) is -0.652. The van der Waals surface area contributed by atoms with Crippen LogP contribution in [0.25, 0.3) is 0 Å². The van der Waals surface area contributed by atoms with Crippen molar-refractivity contribution in [3.63, 3.8) is 0 Å². The van der Waals surface area contributed by atoms with Gasteiger partial charge in [-0.25, -0.2) is 9.78 Å². The fourth-order valence-electron chi connectivity index (χ4n) is 1.84. The van der Waals surface area contributed by atoms with Gasteiger partial charge in [-0.1, -0.05) is 0 Å². The molecular formula is C14H15N3O5. The molecule has 0 amide bonds. The van der Waals surface area contributed by atoms with E-state index >= 15 is 0 Å². The molecule has 116 valence electrons. The van der Waals surface area contributed by atoms with Crippen molar-refractivity contribution in [1.82, 2.24) is 9.55 Å². The average molecular weight is 305 g/mol. The summed E-state index contributed by atoms with van der Waals surface area (Å²) in [7, 11) is 0. The predicted molar refractivity (Wildman–Crippen MR) is 76.2 cm³/mol. The molecular weight excluding hydrogens is 290 g/mol. The maximum absolute atomic E-state index is 11.9. The van der Waals surface area contributed by atoms with Crippen LogP contribution in [0.15, 0.2) is 43.0 Å². The highest BCUT2D eigenvalue weighted by Gasteiger charge is 2.24. The van der Waals surface area contributed by atoms with Crippen molar-refractivity contribution in [2.75, 3.05) is 6.61 Å². The van der Waals surface area contributed by atoms with E-state index in [0.29, 0.717) is 0 Å². The molecule has 8 nitrogen and oxygen atoms in total. The first-order valence-electron chi connectivity index (χ1n) is 6.47. The molecule has 0 saturated heterocycles. The number of esters is 1. The Morgan fingerprint density at radius 1 is 1.45 bits per heavy atom. The van der Waals surface area contributed by atoms with Gasteiger partial charge in [0.15, 0.2) is 0 Å². The van der Waals surface area contributed by atoms with Crippen LogP contribution in [-0.4, -0.2) is 37.8 Å². The van der Waals surface area contributed by atoms with Gasteiger partial charge in [0.25, 0.3) is 5.69 Å². The molecule has 0 aliphatic heterocycles. The molecule has 1 N–H and O–H groups in total. The molecule has 0 saturated carbocycles. The van der Waals surface area contributed by atoms with Gasteiger partial charge in [-0.2, -0.15) is 0 Å². The number of aliphatic hydroxyl groups is 1. The first kappa shape index (κ1) is 15.6. The Hall–Kier alpha value is -2.74. The number of ether oxygens (including phenoxy) is 1. The van der Waals surface area contributed by atoms with Crippen LogP contribution in [0.2, 0.25) is 0 Å². The number of hydrogen-bond donors (Lipinski definition) is 1. The van der Waals surface area contributed by atoms with Crippen molar-refractivity contribution >= 4 is 11.7 Å². The van der Waals surface area contributed by atoms with Crippen LogP contribution in [0.3, 0.4) is 0 Å². The van der Waals surface area contributed by atoms with Gasteiger partial charge in [0, 0.05) is 24.5 Å². The lowest BCUT2D eigenvalue weighted by Gasteiger charge is -2.23. The number of imidazole rings is 1. The van der Waals surface area contributed by atoms with Gasteiger partial charge >= 0.3 is 5.97 Å². The molecule has 0 aliphatic carbocycles. The van der Waals surface area contributed by atoms with E-state index in [9.17, 15) is 20.0 Å². The molecule has 1 atom stereocenters. The number of non-ortho nitro benzene ring substituents is 1. The molecule has 1 unspecified atom stereocenters. The van der Waals surface area contributed by atoms with E-state index in [1.54, 1.807) is 23.3 Å². The lowest BCUT2D eigenvalue weighted by Crippen LogP contribution is -2.36. The minimum Gasteiger partial charge on any atom is -0.459 e.